The molecule has 1 aromatic heterocycles. The number of hydrogen-bond donors (Lipinski definition) is 0. The van der Waals surface area contributed by atoms with Crippen molar-refractivity contribution in [1.29, 1.82) is 0 Å². The van der Waals surface area contributed by atoms with Crippen molar-refractivity contribution in [1.82, 2.24) is 9.88 Å². The highest BCUT2D eigenvalue weighted by atomic mass is 16.5. The molecule has 0 spiro atoms. The lowest BCUT2D eigenvalue weighted by Gasteiger charge is -2.35. The lowest BCUT2D eigenvalue weighted by molar-refractivity contribution is -0.145. The molecule has 1 aliphatic heterocycles. The van der Waals surface area contributed by atoms with E-state index in [9.17, 15) is 4.79 Å². The molecule has 1 aliphatic rings. The van der Waals surface area contributed by atoms with Crippen molar-refractivity contribution in [2.24, 2.45) is 0 Å². The fourth-order valence-electron chi connectivity index (χ4n) is 2.75. The molecule has 1 fully saturated rings. The maximum atomic E-state index is 12.3. The van der Waals surface area contributed by atoms with E-state index < -0.39 is 0 Å². The molecule has 0 saturated carbocycles. The lowest BCUT2D eigenvalue weighted by Crippen LogP contribution is -2.49. The summed E-state index contributed by atoms with van der Waals surface area (Å²) in [5, 5.41) is 0. The Hall–Kier alpha value is -2.60. The second-order valence-electron chi connectivity index (χ2n) is 6.09. The van der Waals surface area contributed by atoms with Gasteiger partial charge < -0.3 is 19.1 Å². The van der Waals surface area contributed by atoms with Crippen molar-refractivity contribution in [3.63, 3.8) is 0 Å². The van der Waals surface area contributed by atoms with E-state index in [1.54, 1.807) is 41.4 Å². The molecule has 132 valence electrons. The minimum Gasteiger partial charge on any atom is -0.484 e. The summed E-state index contributed by atoms with van der Waals surface area (Å²) < 4.78 is 16.9. The largest absolute Gasteiger partial charge is 0.484 e. The minimum absolute atomic E-state index is 0.0138. The Morgan fingerprint density at radius 3 is 2.44 bits per heavy atom. The van der Waals surface area contributed by atoms with Crippen LogP contribution in [-0.2, 0) is 9.53 Å². The highest BCUT2D eigenvalue weighted by molar-refractivity contribution is 5.78. The number of aromatic nitrogens is 1. The summed E-state index contributed by atoms with van der Waals surface area (Å²) in [5.41, 5.74) is 0. The Morgan fingerprint density at radius 2 is 1.80 bits per heavy atom. The van der Waals surface area contributed by atoms with Gasteiger partial charge in [0.15, 0.2) is 6.61 Å². The van der Waals surface area contributed by atoms with Gasteiger partial charge in [0.2, 0.25) is 5.88 Å². The van der Waals surface area contributed by atoms with Gasteiger partial charge in [-0.1, -0.05) is 6.07 Å². The van der Waals surface area contributed by atoms with Gasteiger partial charge >= 0.3 is 0 Å². The molecule has 0 N–H and O–H groups in total. The van der Waals surface area contributed by atoms with Gasteiger partial charge in [0.25, 0.3) is 5.91 Å². The maximum Gasteiger partial charge on any atom is 0.260 e. The number of pyridine rings is 1. The summed E-state index contributed by atoms with van der Waals surface area (Å²) in [4.78, 5) is 18.2. The molecule has 6 nitrogen and oxygen atoms in total. The second-order valence-corrected chi connectivity index (χ2v) is 6.09. The SMILES string of the molecule is C[C@H]1CN(C(=O)COc2ccc(Oc3ccccn3)cc2)C[C@H](C)O1. The van der Waals surface area contributed by atoms with Gasteiger partial charge in [0.05, 0.1) is 12.2 Å². The minimum atomic E-state index is -0.0317. The van der Waals surface area contributed by atoms with E-state index in [2.05, 4.69) is 4.98 Å². The van der Waals surface area contributed by atoms with Crippen LogP contribution in [0.2, 0.25) is 0 Å². The molecule has 0 aliphatic carbocycles. The summed E-state index contributed by atoms with van der Waals surface area (Å²) in [6.07, 6.45) is 1.78. The highest BCUT2D eigenvalue weighted by Gasteiger charge is 2.25. The van der Waals surface area contributed by atoms with E-state index in [0.29, 0.717) is 30.5 Å². The van der Waals surface area contributed by atoms with Crippen LogP contribution in [0.15, 0.2) is 48.7 Å². The zero-order valence-corrected chi connectivity index (χ0v) is 14.4. The molecule has 1 amide bonds. The van der Waals surface area contributed by atoms with Crippen LogP contribution in [0.25, 0.3) is 0 Å². The number of carbonyl (C=O) groups excluding carboxylic acids is 1. The zero-order chi connectivity index (χ0) is 17.6. The maximum absolute atomic E-state index is 12.3. The number of benzene rings is 1. The molecule has 1 aromatic carbocycles. The van der Waals surface area contributed by atoms with Crippen LogP contribution >= 0.6 is 0 Å². The van der Waals surface area contributed by atoms with E-state index in [0.717, 1.165) is 0 Å². The van der Waals surface area contributed by atoms with Crippen molar-refractivity contribution in [2.45, 2.75) is 26.1 Å². The van der Waals surface area contributed by atoms with Crippen LogP contribution in [0, 0.1) is 0 Å². The van der Waals surface area contributed by atoms with Gasteiger partial charge in [-0.2, -0.15) is 0 Å². The Morgan fingerprint density at radius 1 is 1.12 bits per heavy atom. The molecule has 0 radical (unpaired) electrons. The third kappa shape index (κ3) is 4.93. The number of nitrogens with zero attached hydrogens (tertiary/aromatic N) is 2. The highest BCUT2D eigenvalue weighted by Crippen LogP contribution is 2.22. The monoisotopic (exact) mass is 342 g/mol. The molecule has 6 heteroatoms. The van der Waals surface area contributed by atoms with Crippen LogP contribution < -0.4 is 9.47 Å². The number of hydrogen-bond acceptors (Lipinski definition) is 5. The quantitative estimate of drug-likeness (QED) is 0.836. The topological polar surface area (TPSA) is 60.9 Å². The molecule has 2 aromatic rings. The normalized spacial score (nSPS) is 20.2. The number of morpholine rings is 1. The molecule has 0 bridgehead atoms. The summed E-state index contributed by atoms with van der Waals surface area (Å²) in [5.74, 6) is 1.78. The van der Waals surface area contributed by atoms with E-state index in [1.165, 1.54) is 0 Å². The van der Waals surface area contributed by atoms with Gasteiger partial charge in [0.1, 0.15) is 11.5 Å². The van der Waals surface area contributed by atoms with E-state index in [1.807, 2.05) is 26.0 Å². The van der Waals surface area contributed by atoms with Crippen molar-refractivity contribution < 1.29 is 19.0 Å². The molecule has 1 saturated heterocycles. The summed E-state index contributed by atoms with van der Waals surface area (Å²) in [6.45, 7) is 5.15. The molecular formula is C19H22N2O4. The predicted molar refractivity (Wildman–Crippen MR) is 92.8 cm³/mol. The first kappa shape index (κ1) is 17.2. The Balaban J connectivity index is 1.51. The number of rotatable bonds is 5. The molecule has 2 heterocycles. The van der Waals surface area contributed by atoms with E-state index >= 15 is 0 Å². The first-order valence-corrected chi connectivity index (χ1v) is 8.35. The van der Waals surface area contributed by atoms with Crippen molar-refractivity contribution >= 4 is 5.91 Å². The van der Waals surface area contributed by atoms with Gasteiger partial charge in [0, 0.05) is 25.4 Å². The molecular weight excluding hydrogens is 320 g/mol. The molecule has 3 rings (SSSR count). The van der Waals surface area contributed by atoms with Crippen molar-refractivity contribution in [3.8, 4) is 17.4 Å². The van der Waals surface area contributed by atoms with Gasteiger partial charge in [-0.25, -0.2) is 4.98 Å². The van der Waals surface area contributed by atoms with Crippen LogP contribution in [-0.4, -0.2) is 47.7 Å². The van der Waals surface area contributed by atoms with E-state index in [4.69, 9.17) is 14.2 Å². The fourth-order valence-corrected chi connectivity index (χ4v) is 2.75. The third-order valence-corrected chi connectivity index (χ3v) is 3.82. The molecule has 2 atom stereocenters. The average Bonchev–Trinajstić information content (AvgIpc) is 2.61. The average molecular weight is 342 g/mol. The van der Waals surface area contributed by atoms with Crippen molar-refractivity contribution in [2.75, 3.05) is 19.7 Å². The zero-order valence-electron chi connectivity index (χ0n) is 14.4. The number of ether oxygens (including phenoxy) is 3. The second kappa shape index (κ2) is 7.98. The van der Waals surface area contributed by atoms with Crippen LogP contribution in [0.1, 0.15) is 13.8 Å². The fraction of sp³-hybridized carbons (Fsp3) is 0.368. The lowest BCUT2D eigenvalue weighted by atomic mass is 10.2. The van der Waals surface area contributed by atoms with Crippen LogP contribution in [0.4, 0.5) is 0 Å². The smallest absolute Gasteiger partial charge is 0.260 e. The number of carbonyl (C=O) groups is 1. The summed E-state index contributed by atoms with van der Waals surface area (Å²) in [7, 11) is 0. The Kier molecular flexibility index (Phi) is 5.50. The Labute approximate surface area is 147 Å². The van der Waals surface area contributed by atoms with Gasteiger partial charge in [-0.15, -0.1) is 0 Å². The first-order valence-electron chi connectivity index (χ1n) is 8.35. The summed E-state index contributed by atoms with van der Waals surface area (Å²) in [6, 6.07) is 12.6. The van der Waals surface area contributed by atoms with Gasteiger partial charge in [-0.3, -0.25) is 4.79 Å². The van der Waals surface area contributed by atoms with Crippen molar-refractivity contribution in [3.05, 3.63) is 48.7 Å². The Bertz CT molecular complexity index is 680. The van der Waals surface area contributed by atoms with E-state index in [-0.39, 0.29) is 24.7 Å². The number of amides is 1. The standard InChI is InChI=1S/C19H22N2O4/c1-14-11-21(12-15(2)24-14)19(22)13-23-16-6-8-17(9-7-16)25-18-5-3-4-10-20-18/h3-10,14-15H,11-13H2,1-2H3/t14-,15-/m0/s1. The predicted octanol–water partition coefficient (Wildman–Crippen LogP) is 2.89. The summed E-state index contributed by atoms with van der Waals surface area (Å²) >= 11 is 0. The van der Waals surface area contributed by atoms with Gasteiger partial charge in [-0.05, 0) is 44.2 Å². The molecule has 25 heavy (non-hydrogen) atoms. The molecule has 0 unspecified atom stereocenters. The van der Waals surface area contributed by atoms with Crippen LogP contribution in [0.5, 0.6) is 17.4 Å². The van der Waals surface area contributed by atoms with Crippen LogP contribution in [0.3, 0.4) is 0 Å². The third-order valence-electron chi connectivity index (χ3n) is 3.82. The first-order chi connectivity index (χ1) is 12.1.